The number of carbonyl (C=O) groups excluding carboxylic acids is 1. The van der Waals surface area contributed by atoms with Gasteiger partial charge < -0.3 is 9.47 Å². The molecule has 0 bridgehead atoms. The van der Waals surface area contributed by atoms with Crippen LogP contribution in [0.5, 0.6) is 23.0 Å². The van der Waals surface area contributed by atoms with Crippen molar-refractivity contribution in [3.05, 3.63) is 115 Å². The van der Waals surface area contributed by atoms with Gasteiger partial charge in [0.15, 0.2) is 0 Å². The first-order valence-electron chi connectivity index (χ1n) is 10.4. The second-order valence-electron chi connectivity index (χ2n) is 7.32. The molecule has 4 aromatic rings. The van der Waals surface area contributed by atoms with Crippen LogP contribution in [0.15, 0.2) is 109 Å². The predicted octanol–water partition coefficient (Wildman–Crippen LogP) is 7.05. The number of anilines is 1. The highest BCUT2D eigenvalue weighted by molar-refractivity contribution is 8.00. The Kier molecular flexibility index (Phi) is 5.81. The van der Waals surface area contributed by atoms with Gasteiger partial charge in [-0.2, -0.15) is 0 Å². The van der Waals surface area contributed by atoms with Gasteiger partial charge in [0.25, 0.3) is 0 Å². The van der Waals surface area contributed by atoms with E-state index in [1.807, 2.05) is 114 Å². The first-order chi connectivity index (χ1) is 15.8. The van der Waals surface area contributed by atoms with E-state index in [1.54, 1.807) is 11.8 Å². The molecule has 5 heteroatoms. The molecule has 0 aliphatic carbocycles. The highest BCUT2D eigenvalue weighted by atomic mass is 32.2. The minimum Gasteiger partial charge on any atom is -0.457 e. The Bertz CT molecular complexity index is 1200. The lowest BCUT2D eigenvalue weighted by molar-refractivity contribution is -0.115. The maximum atomic E-state index is 12.8. The van der Waals surface area contributed by atoms with Crippen LogP contribution in [0.3, 0.4) is 0 Å². The minimum atomic E-state index is -0.109. The Morgan fingerprint density at radius 1 is 0.656 bits per heavy atom. The summed E-state index contributed by atoms with van der Waals surface area (Å²) in [7, 11) is 0. The van der Waals surface area contributed by atoms with Crippen LogP contribution in [0.4, 0.5) is 5.69 Å². The van der Waals surface area contributed by atoms with Crippen molar-refractivity contribution in [2.45, 2.75) is 5.37 Å². The summed E-state index contributed by atoms with van der Waals surface area (Å²) in [6.07, 6.45) is 0. The summed E-state index contributed by atoms with van der Waals surface area (Å²) in [5.74, 6) is 3.57. The number of thioether (sulfide) groups is 1. The van der Waals surface area contributed by atoms with Crippen LogP contribution >= 0.6 is 11.8 Å². The SMILES string of the molecule is O=C1CS[C@H](c2cccc(Oc3ccccc3)c2)N1c1ccc(Oc2ccccc2)cc1. The third kappa shape index (κ3) is 4.48. The predicted molar refractivity (Wildman–Crippen MR) is 129 cm³/mol. The molecule has 4 nitrogen and oxygen atoms in total. The average molecular weight is 440 g/mol. The third-order valence-corrected chi connectivity index (χ3v) is 6.30. The van der Waals surface area contributed by atoms with Gasteiger partial charge in [0.05, 0.1) is 5.75 Å². The fraction of sp³-hybridized carbons (Fsp3) is 0.0741. The van der Waals surface area contributed by atoms with Crippen molar-refractivity contribution in [1.29, 1.82) is 0 Å². The van der Waals surface area contributed by atoms with Crippen LogP contribution in [-0.2, 0) is 4.79 Å². The molecule has 1 saturated heterocycles. The molecule has 1 amide bonds. The topological polar surface area (TPSA) is 38.8 Å². The van der Waals surface area contributed by atoms with Gasteiger partial charge in [-0.3, -0.25) is 9.69 Å². The summed E-state index contributed by atoms with van der Waals surface area (Å²) >= 11 is 1.62. The van der Waals surface area contributed by atoms with Crippen molar-refractivity contribution in [2.75, 3.05) is 10.7 Å². The van der Waals surface area contributed by atoms with Crippen LogP contribution in [0.2, 0.25) is 0 Å². The van der Waals surface area contributed by atoms with Gasteiger partial charge in [-0.15, -0.1) is 11.8 Å². The maximum Gasteiger partial charge on any atom is 0.238 e. The minimum absolute atomic E-state index is 0.0890. The molecule has 4 aromatic carbocycles. The van der Waals surface area contributed by atoms with Crippen LogP contribution < -0.4 is 14.4 Å². The number of nitrogens with zero attached hydrogens (tertiary/aromatic N) is 1. The molecule has 1 atom stereocenters. The normalized spacial score (nSPS) is 15.6. The molecule has 0 spiro atoms. The zero-order valence-electron chi connectivity index (χ0n) is 17.3. The van der Waals surface area contributed by atoms with Crippen molar-refractivity contribution >= 4 is 23.4 Å². The Morgan fingerprint density at radius 3 is 1.88 bits per heavy atom. The van der Waals surface area contributed by atoms with E-state index in [1.165, 1.54) is 0 Å². The molecule has 1 aliphatic rings. The van der Waals surface area contributed by atoms with Crippen molar-refractivity contribution in [2.24, 2.45) is 0 Å². The molecule has 1 fully saturated rings. The second-order valence-corrected chi connectivity index (χ2v) is 8.39. The second kappa shape index (κ2) is 9.20. The maximum absolute atomic E-state index is 12.8. The molecule has 0 unspecified atom stereocenters. The van der Waals surface area contributed by atoms with E-state index in [-0.39, 0.29) is 11.3 Å². The summed E-state index contributed by atoms with van der Waals surface area (Å²) in [6, 6.07) is 34.9. The number of ether oxygens (including phenoxy) is 2. The molecular weight excluding hydrogens is 418 g/mol. The highest BCUT2D eigenvalue weighted by Gasteiger charge is 2.34. The Morgan fingerprint density at radius 2 is 1.22 bits per heavy atom. The molecule has 0 N–H and O–H groups in total. The van der Waals surface area contributed by atoms with Crippen LogP contribution in [0.1, 0.15) is 10.9 Å². The Hall–Kier alpha value is -3.70. The Labute approximate surface area is 191 Å². The first kappa shape index (κ1) is 20.2. The van der Waals surface area contributed by atoms with E-state index in [4.69, 9.17) is 9.47 Å². The summed E-state index contributed by atoms with van der Waals surface area (Å²) in [5.41, 5.74) is 1.87. The van der Waals surface area contributed by atoms with Crippen molar-refractivity contribution in [3.8, 4) is 23.0 Å². The molecule has 1 heterocycles. The molecule has 0 radical (unpaired) electrons. The van der Waals surface area contributed by atoms with Crippen LogP contribution in [-0.4, -0.2) is 11.7 Å². The van der Waals surface area contributed by atoms with E-state index in [9.17, 15) is 4.79 Å². The van der Waals surface area contributed by atoms with Gasteiger partial charge in [0, 0.05) is 5.69 Å². The van der Waals surface area contributed by atoms with Crippen LogP contribution in [0, 0.1) is 0 Å². The average Bonchev–Trinajstić information content (AvgIpc) is 3.22. The van der Waals surface area contributed by atoms with E-state index >= 15 is 0 Å². The number of benzene rings is 4. The molecule has 158 valence electrons. The molecule has 1 aliphatic heterocycles. The Balaban J connectivity index is 1.36. The van der Waals surface area contributed by atoms with Crippen molar-refractivity contribution in [1.82, 2.24) is 0 Å². The largest absolute Gasteiger partial charge is 0.457 e. The lowest BCUT2D eigenvalue weighted by Gasteiger charge is -2.25. The smallest absolute Gasteiger partial charge is 0.238 e. The van der Waals surface area contributed by atoms with Gasteiger partial charge in [-0.1, -0.05) is 48.5 Å². The number of rotatable bonds is 6. The first-order valence-corrected chi connectivity index (χ1v) is 11.4. The van der Waals surface area contributed by atoms with E-state index in [0.29, 0.717) is 5.75 Å². The van der Waals surface area contributed by atoms with Crippen LogP contribution in [0.25, 0.3) is 0 Å². The highest BCUT2D eigenvalue weighted by Crippen LogP contribution is 2.43. The van der Waals surface area contributed by atoms with Gasteiger partial charge in [0.1, 0.15) is 28.4 Å². The van der Waals surface area contributed by atoms with E-state index in [2.05, 4.69) is 0 Å². The fourth-order valence-electron chi connectivity index (χ4n) is 3.61. The van der Waals surface area contributed by atoms with Crippen molar-refractivity contribution in [3.63, 3.8) is 0 Å². The quantitative estimate of drug-likeness (QED) is 0.323. The fourth-order valence-corrected chi connectivity index (χ4v) is 4.77. The molecular formula is C27H21NO3S. The van der Waals surface area contributed by atoms with Gasteiger partial charge >= 0.3 is 0 Å². The van der Waals surface area contributed by atoms with Gasteiger partial charge in [-0.05, 0) is 66.2 Å². The third-order valence-electron chi connectivity index (χ3n) is 5.08. The molecule has 0 saturated carbocycles. The van der Waals surface area contributed by atoms with E-state index in [0.717, 1.165) is 34.2 Å². The monoisotopic (exact) mass is 439 g/mol. The standard InChI is InChI=1S/C27H21NO3S/c29-26-19-32-27(20-8-7-13-25(18-20)31-23-11-5-2-6-12-23)28(26)21-14-16-24(17-15-21)30-22-9-3-1-4-10-22/h1-18,27H,19H2/t27-/m1/s1. The summed E-state index contributed by atoms with van der Waals surface area (Å²) in [6.45, 7) is 0. The van der Waals surface area contributed by atoms with E-state index < -0.39 is 0 Å². The number of carbonyl (C=O) groups is 1. The van der Waals surface area contributed by atoms with Gasteiger partial charge in [0.2, 0.25) is 5.91 Å². The molecule has 5 rings (SSSR count). The molecule has 32 heavy (non-hydrogen) atoms. The number of para-hydroxylation sites is 2. The molecule has 0 aromatic heterocycles. The summed E-state index contributed by atoms with van der Waals surface area (Å²) in [5, 5.41) is -0.109. The summed E-state index contributed by atoms with van der Waals surface area (Å²) in [4.78, 5) is 14.6. The number of hydrogen-bond donors (Lipinski definition) is 0. The lowest BCUT2D eigenvalue weighted by Crippen LogP contribution is -2.27. The zero-order valence-corrected chi connectivity index (χ0v) is 18.1. The number of hydrogen-bond acceptors (Lipinski definition) is 4. The zero-order chi connectivity index (χ0) is 21.8. The lowest BCUT2D eigenvalue weighted by atomic mass is 10.1. The van der Waals surface area contributed by atoms with Gasteiger partial charge in [-0.25, -0.2) is 0 Å². The summed E-state index contributed by atoms with van der Waals surface area (Å²) < 4.78 is 11.9. The van der Waals surface area contributed by atoms with Crippen molar-refractivity contribution < 1.29 is 14.3 Å². The number of amides is 1.